The SMILES string of the molecule is O=C1c2cc(-c3ccc(N(c4ccccc4)c4ccccc4)cc3)ccc2S(=O)c2ccc(-c3ccc4c(c3)C(=O)c3cc(-c5ccc(N(c6ccccc6)c6ccccc6)cc5)ccc3S4=O)cc21. The zero-order valence-electron chi connectivity index (χ0n) is 37.4. The van der Waals surface area contributed by atoms with Gasteiger partial charge in [-0.1, -0.05) is 121 Å². The van der Waals surface area contributed by atoms with Gasteiger partial charge in [0.2, 0.25) is 0 Å². The first kappa shape index (κ1) is 42.8. The smallest absolute Gasteiger partial charge is 0.195 e. The highest BCUT2D eigenvalue weighted by Crippen LogP contribution is 2.42. The number of hydrogen-bond donors (Lipinski definition) is 0. The molecule has 0 fully saturated rings. The van der Waals surface area contributed by atoms with E-state index in [0.29, 0.717) is 53.0 Å². The monoisotopic (exact) mass is 940 g/mol. The number of ketones is 2. The van der Waals surface area contributed by atoms with Crippen molar-refractivity contribution in [3.8, 4) is 33.4 Å². The molecule has 0 N–H and O–H groups in total. The maximum Gasteiger partial charge on any atom is 0.195 e. The van der Waals surface area contributed by atoms with E-state index < -0.39 is 21.6 Å². The van der Waals surface area contributed by atoms with Crippen molar-refractivity contribution in [2.24, 2.45) is 0 Å². The maximum atomic E-state index is 14.4. The minimum atomic E-state index is -1.59. The van der Waals surface area contributed by atoms with Gasteiger partial charge in [0.25, 0.3) is 0 Å². The van der Waals surface area contributed by atoms with Crippen LogP contribution in [0.15, 0.2) is 262 Å². The van der Waals surface area contributed by atoms with E-state index in [2.05, 4.69) is 82.6 Å². The van der Waals surface area contributed by atoms with Gasteiger partial charge in [0.05, 0.1) is 41.2 Å². The van der Waals surface area contributed by atoms with Crippen molar-refractivity contribution in [3.63, 3.8) is 0 Å². The van der Waals surface area contributed by atoms with Crippen LogP contribution in [0.4, 0.5) is 34.1 Å². The van der Waals surface area contributed by atoms with E-state index in [-0.39, 0.29) is 11.6 Å². The Hall–Kier alpha value is -8.56. The molecule has 2 heterocycles. The van der Waals surface area contributed by atoms with Crippen LogP contribution in [0.1, 0.15) is 31.8 Å². The number of para-hydroxylation sites is 4. The Balaban J connectivity index is 0.819. The maximum absolute atomic E-state index is 14.4. The molecule has 10 aromatic carbocycles. The largest absolute Gasteiger partial charge is 0.311 e. The summed E-state index contributed by atoms with van der Waals surface area (Å²) in [7, 11) is -3.19. The predicted molar refractivity (Wildman–Crippen MR) is 281 cm³/mol. The quantitative estimate of drug-likeness (QED) is 0.144. The molecule has 2 aliphatic heterocycles. The summed E-state index contributed by atoms with van der Waals surface area (Å²) in [6, 6.07) is 79.0. The Kier molecular flexibility index (Phi) is 10.9. The Labute approximate surface area is 410 Å². The van der Waals surface area contributed by atoms with E-state index in [1.54, 1.807) is 36.4 Å². The summed E-state index contributed by atoms with van der Waals surface area (Å²) >= 11 is 0. The van der Waals surface area contributed by atoms with Crippen molar-refractivity contribution in [1.82, 2.24) is 0 Å². The second-order valence-corrected chi connectivity index (χ2v) is 20.0. The topological polar surface area (TPSA) is 74.8 Å². The van der Waals surface area contributed by atoms with Crippen molar-refractivity contribution >= 4 is 67.3 Å². The molecule has 70 heavy (non-hydrogen) atoms. The predicted octanol–water partition coefficient (Wildman–Crippen LogP) is 15.0. The fraction of sp³-hybridized carbons (Fsp3) is 0. The highest BCUT2D eigenvalue weighted by molar-refractivity contribution is 7.85. The summed E-state index contributed by atoms with van der Waals surface area (Å²) in [4.78, 5) is 35.1. The van der Waals surface area contributed by atoms with E-state index in [4.69, 9.17) is 0 Å². The summed E-state index contributed by atoms with van der Waals surface area (Å²) in [5, 5.41) is 0. The van der Waals surface area contributed by atoms with Gasteiger partial charge in [-0.2, -0.15) is 0 Å². The van der Waals surface area contributed by atoms with Crippen LogP contribution in [-0.4, -0.2) is 20.0 Å². The second-order valence-electron chi connectivity index (χ2n) is 17.1. The van der Waals surface area contributed by atoms with Crippen molar-refractivity contribution in [3.05, 3.63) is 265 Å². The zero-order chi connectivity index (χ0) is 47.3. The molecule has 0 amide bonds. The highest BCUT2D eigenvalue weighted by atomic mass is 32.2. The molecule has 2 atom stereocenters. The Morgan fingerprint density at radius 3 is 0.714 bits per heavy atom. The van der Waals surface area contributed by atoms with Gasteiger partial charge in [-0.05, 0) is 155 Å². The molecule has 0 saturated heterocycles. The van der Waals surface area contributed by atoms with Crippen LogP contribution in [-0.2, 0) is 21.6 Å². The molecule has 0 bridgehead atoms. The van der Waals surface area contributed by atoms with E-state index in [0.717, 1.165) is 56.4 Å². The average molecular weight is 941 g/mol. The van der Waals surface area contributed by atoms with Gasteiger partial charge in [-0.15, -0.1) is 0 Å². The fourth-order valence-corrected chi connectivity index (χ4v) is 12.2. The Morgan fingerprint density at radius 1 is 0.243 bits per heavy atom. The molecule has 6 nitrogen and oxygen atoms in total. The Morgan fingerprint density at radius 2 is 0.457 bits per heavy atom. The lowest BCUT2D eigenvalue weighted by Crippen LogP contribution is -2.17. The molecule has 12 rings (SSSR count). The number of rotatable bonds is 9. The van der Waals surface area contributed by atoms with Gasteiger partial charge < -0.3 is 9.80 Å². The van der Waals surface area contributed by atoms with Crippen LogP contribution < -0.4 is 9.80 Å². The number of carbonyl (C=O) groups is 2. The van der Waals surface area contributed by atoms with Gasteiger partial charge in [0.15, 0.2) is 11.6 Å². The normalized spacial score (nSPS) is 14.5. The van der Waals surface area contributed by atoms with Crippen LogP contribution in [0.2, 0.25) is 0 Å². The summed E-state index contributed by atoms with van der Waals surface area (Å²) in [5.41, 5.74) is 12.5. The number of anilines is 6. The third kappa shape index (κ3) is 7.60. The van der Waals surface area contributed by atoms with Gasteiger partial charge in [-0.25, -0.2) is 8.42 Å². The summed E-state index contributed by atoms with van der Waals surface area (Å²) in [6.45, 7) is 0. The fourth-order valence-electron chi connectivity index (χ4n) is 9.53. The van der Waals surface area contributed by atoms with Gasteiger partial charge >= 0.3 is 0 Å². The highest BCUT2D eigenvalue weighted by Gasteiger charge is 2.32. The molecule has 2 aliphatic rings. The number of carbonyl (C=O) groups excluding carboxylic acids is 2. The molecular weight excluding hydrogens is 901 g/mol. The minimum absolute atomic E-state index is 0.221. The van der Waals surface area contributed by atoms with Crippen LogP contribution in [0, 0.1) is 0 Å². The van der Waals surface area contributed by atoms with Crippen LogP contribution >= 0.6 is 0 Å². The lowest BCUT2D eigenvalue weighted by atomic mass is 9.93. The van der Waals surface area contributed by atoms with E-state index in [1.165, 1.54) is 0 Å². The van der Waals surface area contributed by atoms with Gasteiger partial charge in [0, 0.05) is 56.4 Å². The van der Waals surface area contributed by atoms with Crippen LogP contribution in [0.3, 0.4) is 0 Å². The van der Waals surface area contributed by atoms with Crippen molar-refractivity contribution < 1.29 is 18.0 Å². The van der Waals surface area contributed by atoms with Crippen molar-refractivity contribution in [2.75, 3.05) is 9.80 Å². The molecular formula is C62H40N2O4S2. The molecule has 0 spiro atoms. The lowest BCUT2D eigenvalue weighted by Gasteiger charge is -2.25. The second kappa shape index (κ2) is 17.8. The molecule has 0 aliphatic carbocycles. The first-order valence-electron chi connectivity index (χ1n) is 22.9. The minimum Gasteiger partial charge on any atom is -0.311 e. The van der Waals surface area contributed by atoms with E-state index in [9.17, 15) is 18.0 Å². The van der Waals surface area contributed by atoms with Crippen molar-refractivity contribution in [2.45, 2.75) is 19.6 Å². The third-order valence-corrected chi connectivity index (χ3v) is 16.0. The first-order chi connectivity index (χ1) is 34.4. The molecule has 10 aromatic rings. The van der Waals surface area contributed by atoms with Crippen LogP contribution in [0.25, 0.3) is 33.4 Å². The number of hydrogen-bond acceptors (Lipinski definition) is 6. The van der Waals surface area contributed by atoms with E-state index >= 15 is 0 Å². The summed E-state index contributed by atoms with van der Waals surface area (Å²) in [5.74, 6) is -0.441. The average Bonchev–Trinajstić information content (AvgIpc) is 3.43. The van der Waals surface area contributed by atoms with Gasteiger partial charge in [-0.3, -0.25) is 9.59 Å². The van der Waals surface area contributed by atoms with Crippen LogP contribution in [0.5, 0.6) is 0 Å². The first-order valence-corrected chi connectivity index (χ1v) is 25.2. The number of fused-ring (bicyclic) bond motifs is 4. The molecule has 2 unspecified atom stereocenters. The number of benzene rings is 10. The summed E-state index contributed by atoms with van der Waals surface area (Å²) in [6.07, 6.45) is 0. The Bertz CT molecular complexity index is 3390. The third-order valence-electron chi connectivity index (χ3n) is 13.0. The molecule has 0 radical (unpaired) electrons. The van der Waals surface area contributed by atoms with Crippen molar-refractivity contribution in [1.29, 1.82) is 0 Å². The molecule has 8 heteroatoms. The molecule has 0 saturated carbocycles. The lowest BCUT2D eigenvalue weighted by molar-refractivity contribution is 0.102. The molecule has 0 aromatic heterocycles. The molecule has 334 valence electrons. The van der Waals surface area contributed by atoms with Gasteiger partial charge in [0.1, 0.15) is 0 Å². The standard InChI is InChI=1S/C62H40N2O4S2/c65-61-53-37-43(41-21-29-51(30-22-41)63(47-13-5-1-6-14-47)48-15-7-2-8-16-48)25-33-57(53)69(67)59-35-27-45(39-55(59)61)46-28-36-60-56(40-46)62(66)54-38-44(26-34-58(54)70(60)68)42-23-31-52(32-24-42)64(49-17-9-3-10-18-49)50-19-11-4-12-20-50/h1-40H. The number of nitrogens with zero attached hydrogens (tertiary/aromatic N) is 2. The zero-order valence-corrected chi connectivity index (χ0v) is 39.1. The summed E-state index contributed by atoms with van der Waals surface area (Å²) < 4.78 is 28.2. The van der Waals surface area contributed by atoms with E-state index in [1.807, 2.05) is 133 Å².